The van der Waals surface area contributed by atoms with Crippen LogP contribution in [0.4, 0.5) is 0 Å². The van der Waals surface area contributed by atoms with Gasteiger partial charge in [0.1, 0.15) is 5.75 Å². The monoisotopic (exact) mass is 532 g/mol. The summed E-state index contributed by atoms with van der Waals surface area (Å²) in [5, 5.41) is 3.50. The molecule has 0 fully saturated rings. The van der Waals surface area contributed by atoms with Crippen molar-refractivity contribution in [1.29, 1.82) is 0 Å². The predicted octanol–water partition coefficient (Wildman–Crippen LogP) is 5.26. The van der Waals surface area contributed by atoms with Crippen LogP contribution in [0.25, 0.3) is 10.8 Å². The van der Waals surface area contributed by atoms with Crippen LogP contribution in [0.3, 0.4) is 0 Å². The molecular weight excluding hydrogens is 504 g/mol. The molecule has 8 heteroatoms. The Labute approximate surface area is 221 Å². The lowest BCUT2D eigenvalue weighted by Gasteiger charge is -2.37. The molecule has 5 rings (SSSR count). The van der Waals surface area contributed by atoms with E-state index >= 15 is 0 Å². The Morgan fingerprint density at radius 3 is 2.62 bits per heavy atom. The van der Waals surface area contributed by atoms with Gasteiger partial charge >= 0.3 is 0 Å². The fourth-order valence-corrected chi connectivity index (χ4v) is 7.40. The molecule has 1 atom stereocenters. The lowest BCUT2D eigenvalue weighted by molar-refractivity contribution is -0.133. The van der Waals surface area contributed by atoms with Gasteiger partial charge in [-0.2, -0.15) is 4.31 Å². The van der Waals surface area contributed by atoms with Crippen LogP contribution in [0.1, 0.15) is 22.0 Å². The standard InChI is InChI=1S/C29H28N2O4S2/c1-3-17-30(37(33,34)27-10-6-8-21-7-4-5-9-24(21)27)20-28(32)31-18-15-26-25(16-19-36-26)29(31)22-11-13-23(35-2)14-12-22/h3-14,16,19,29H,1,15,17-18,20H2,2H3. The molecule has 0 saturated heterocycles. The highest BCUT2D eigenvalue weighted by Gasteiger charge is 2.35. The minimum atomic E-state index is -3.96. The van der Waals surface area contributed by atoms with Crippen molar-refractivity contribution < 1.29 is 17.9 Å². The van der Waals surface area contributed by atoms with Gasteiger partial charge in [0.2, 0.25) is 15.9 Å². The Morgan fingerprint density at radius 2 is 1.86 bits per heavy atom. The van der Waals surface area contributed by atoms with Crippen LogP contribution in [-0.2, 0) is 21.2 Å². The van der Waals surface area contributed by atoms with Gasteiger partial charge in [0.05, 0.1) is 24.6 Å². The highest BCUT2D eigenvalue weighted by Crippen LogP contribution is 2.38. The molecular formula is C29H28N2O4S2. The minimum Gasteiger partial charge on any atom is -0.497 e. The molecule has 0 N–H and O–H groups in total. The van der Waals surface area contributed by atoms with Gasteiger partial charge in [-0.3, -0.25) is 4.79 Å². The molecule has 190 valence electrons. The number of nitrogens with zero attached hydrogens (tertiary/aromatic N) is 2. The van der Waals surface area contributed by atoms with Crippen LogP contribution >= 0.6 is 11.3 Å². The highest BCUT2D eigenvalue weighted by molar-refractivity contribution is 7.89. The summed E-state index contributed by atoms with van der Waals surface area (Å²) in [6.45, 7) is 4.02. The van der Waals surface area contributed by atoms with Gasteiger partial charge in [-0.1, -0.05) is 54.6 Å². The van der Waals surface area contributed by atoms with E-state index in [0.717, 1.165) is 28.7 Å². The molecule has 1 aliphatic heterocycles. The van der Waals surface area contributed by atoms with E-state index in [1.54, 1.807) is 41.5 Å². The van der Waals surface area contributed by atoms with Crippen LogP contribution in [0, 0.1) is 0 Å². The van der Waals surface area contributed by atoms with Crippen LogP contribution in [0.5, 0.6) is 5.75 Å². The molecule has 0 saturated carbocycles. The van der Waals surface area contributed by atoms with Crippen molar-refractivity contribution in [3.05, 3.63) is 107 Å². The van der Waals surface area contributed by atoms with E-state index in [0.29, 0.717) is 11.9 Å². The van der Waals surface area contributed by atoms with Crippen molar-refractivity contribution in [2.75, 3.05) is 26.7 Å². The normalized spacial score (nSPS) is 15.5. The molecule has 3 aromatic carbocycles. The molecule has 1 unspecified atom stereocenters. The van der Waals surface area contributed by atoms with Gasteiger partial charge in [0, 0.05) is 23.4 Å². The Bertz CT molecular complexity index is 1540. The van der Waals surface area contributed by atoms with Crippen molar-refractivity contribution >= 4 is 38.0 Å². The zero-order valence-electron chi connectivity index (χ0n) is 20.5. The zero-order chi connectivity index (χ0) is 26.0. The summed E-state index contributed by atoms with van der Waals surface area (Å²) >= 11 is 1.69. The van der Waals surface area contributed by atoms with Gasteiger partial charge < -0.3 is 9.64 Å². The van der Waals surface area contributed by atoms with Gasteiger partial charge in [0.15, 0.2) is 0 Å². The first kappa shape index (κ1) is 25.2. The third-order valence-electron chi connectivity index (χ3n) is 6.73. The van der Waals surface area contributed by atoms with Crippen molar-refractivity contribution in [3.8, 4) is 5.75 Å². The molecule has 1 aliphatic rings. The number of thiophene rings is 1. The molecule has 37 heavy (non-hydrogen) atoms. The summed E-state index contributed by atoms with van der Waals surface area (Å²) in [6, 6.07) is 22.0. The van der Waals surface area contributed by atoms with Gasteiger partial charge in [-0.15, -0.1) is 17.9 Å². The number of carbonyl (C=O) groups excluding carboxylic acids is 1. The summed E-state index contributed by atoms with van der Waals surface area (Å²) in [5.41, 5.74) is 2.04. The van der Waals surface area contributed by atoms with Crippen LogP contribution < -0.4 is 4.74 Å². The van der Waals surface area contributed by atoms with E-state index in [2.05, 4.69) is 12.6 Å². The Hall–Kier alpha value is -3.46. The number of hydrogen-bond donors (Lipinski definition) is 0. The SMILES string of the molecule is C=CCN(CC(=O)N1CCc2sccc2C1c1ccc(OC)cc1)S(=O)(=O)c1cccc2ccccc12. The quantitative estimate of drug-likeness (QED) is 0.290. The van der Waals surface area contributed by atoms with Crippen LogP contribution in [0.2, 0.25) is 0 Å². The largest absolute Gasteiger partial charge is 0.497 e. The molecule has 0 radical (unpaired) electrons. The number of methoxy groups -OCH3 is 1. The molecule has 2 heterocycles. The number of carbonyl (C=O) groups is 1. The maximum absolute atomic E-state index is 13.8. The lowest BCUT2D eigenvalue weighted by Crippen LogP contribution is -2.46. The average Bonchev–Trinajstić information content (AvgIpc) is 3.41. The summed E-state index contributed by atoms with van der Waals surface area (Å²) in [5.74, 6) is 0.490. The van der Waals surface area contributed by atoms with E-state index < -0.39 is 10.0 Å². The lowest BCUT2D eigenvalue weighted by atomic mass is 9.93. The highest BCUT2D eigenvalue weighted by atomic mass is 32.2. The van der Waals surface area contributed by atoms with E-state index in [1.807, 2.05) is 53.9 Å². The van der Waals surface area contributed by atoms with Crippen molar-refractivity contribution in [3.63, 3.8) is 0 Å². The smallest absolute Gasteiger partial charge is 0.244 e. The molecule has 0 spiro atoms. The second kappa shape index (κ2) is 10.5. The first-order chi connectivity index (χ1) is 17.9. The third-order valence-corrected chi connectivity index (χ3v) is 9.60. The Morgan fingerprint density at radius 1 is 1.11 bits per heavy atom. The van der Waals surface area contributed by atoms with Crippen molar-refractivity contribution in [2.45, 2.75) is 17.4 Å². The number of amides is 1. The summed E-state index contributed by atoms with van der Waals surface area (Å²) in [6.07, 6.45) is 2.26. The molecule has 1 amide bonds. The average molecular weight is 533 g/mol. The first-order valence-corrected chi connectivity index (χ1v) is 14.3. The van der Waals surface area contributed by atoms with Gasteiger partial charge in [-0.05, 0) is 52.6 Å². The molecule has 4 aromatic rings. The molecule has 0 bridgehead atoms. The van der Waals surface area contributed by atoms with E-state index in [9.17, 15) is 13.2 Å². The van der Waals surface area contributed by atoms with E-state index in [4.69, 9.17) is 4.74 Å². The fourth-order valence-electron chi connectivity index (χ4n) is 4.92. The Kier molecular flexibility index (Phi) is 7.15. The van der Waals surface area contributed by atoms with Crippen molar-refractivity contribution in [2.24, 2.45) is 0 Å². The minimum absolute atomic E-state index is 0.0298. The molecule has 1 aromatic heterocycles. The molecule has 6 nitrogen and oxygen atoms in total. The number of rotatable bonds is 8. The summed E-state index contributed by atoms with van der Waals surface area (Å²) in [4.78, 5) is 17.1. The van der Waals surface area contributed by atoms with Crippen LogP contribution in [0.15, 0.2) is 95.7 Å². The number of benzene rings is 3. The summed E-state index contributed by atoms with van der Waals surface area (Å²) < 4.78 is 34.2. The number of sulfonamides is 1. The fraction of sp³-hybridized carbons (Fsp3) is 0.207. The predicted molar refractivity (Wildman–Crippen MR) is 147 cm³/mol. The van der Waals surface area contributed by atoms with Gasteiger partial charge in [-0.25, -0.2) is 8.42 Å². The second-order valence-corrected chi connectivity index (χ2v) is 11.8. The topological polar surface area (TPSA) is 66.9 Å². The first-order valence-electron chi connectivity index (χ1n) is 12.0. The maximum Gasteiger partial charge on any atom is 0.244 e. The van der Waals surface area contributed by atoms with E-state index in [-0.39, 0.29) is 29.9 Å². The maximum atomic E-state index is 13.8. The zero-order valence-corrected chi connectivity index (χ0v) is 22.2. The van der Waals surface area contributed by atoms with E-state index in [1.165, 1.54) is 15.3 Å². The van der Waals surface area contributed by atoms with Crippen molar-refractivity contribution in [1.82, 2.24) is 9.21 Å². The third kappa shape index (κ3) is 4.80. The Balaban J connectivity index is 1.49. The second-order valence-electron chi connectivity index (χ2n) is 8.88. The number of ether oxygens (including phenoxy) is 1. The number of fused-ring (bicyclic) bond motifs is 2. The molecule has 0 aliphatic carbocycles. The van der Waals surface area contributed by atoms with Crippen LogP contribution in [-0.4, -0.2) is 50.3 Å². The summed E-state index contributed by atoms with van der Waals surface area (Å²) in [7, 11) is -2.35. The number of hydrogen-bond acceptors (Lipinski definition) is 5. The van der Waals surface area contributed by atoms with Gasteiger partial charge in [0.25, 0.3) is 0 Å².